The smallest absolute Gasteiger partial charge is 0.418 e. The fourth-order valence-electron chi connectivity index (χ4n) is 6.05. The van der Waals surface area contributed by atoms with Crippen LogP contribution in [0, 0.1) is 5.41 Å². The highest BCUT2D eigenvalue weighted by Crippen LogP contribution is 2.35. The van der Waals surface area contributed by atoms with E-state index in [4.69, 9.17) is 23.7 Å². The Morgan fingerprint density at radius 2 is 1.55 bits per heavy atom. The third-order valence-corrected chi connectivity index (χ3v) is 9.18. The number of rotatable bonds is 19. The number of Topliss-reactive ketones (excluding diaryl/α,β-unsaturated/α-hetero) is 1. The van der Waals surface area contributed by atoms with Crippen molar-refractivity contribution in [3.8, 4) is 17.2 Å². The number of benzene rings is 2. The van der Waals surface area contributed by atoms with Gasteiger partial charge in [0.05, 0.1) is 24.5 Å². The maximum absolute atomic E-state index is 13.9. The van der Waals surface area contributed by atoms with Crippen molar-refractivity contribution in [2.24, 2.45) is 5.41 Å². The van der Waals surface area contributed by atoms with Crippen molar-refractivity contribution in [3.05, 3.63) is 47.5 Å². The topological polar surface area (TPSA) is 147 Å². The molecular weight excluding hydrogens is 704 g/mol. The Hall–Kier alpha value is -4.61. The Labute approximate surface area is 326 Å². The van der Waals surface area contributed by atoms with Gasteiger partial charge in [-0.15, -0.1) is 0 Å². The van der Waals surface area contributed by atoms with E-state index in [0.29, 0.717) is 17.1 Å². The van der Waals surface area contributed by atoms with Crippen LogP contribution in [-0.4, -0.2) is 72.1 Å². The molecule has 1 aliphatic rings. The van der Waals surface area contributed by atoms with E-state index in [9.17, 15) is 24.0 Å². The van der Waals surface area contributed by atoms with E-state index in [2.05, 4.69) is 33.0 Å². The van der Waals surface area contributed by atoms with Crippen molar-refractivity contribution < 1.29 is 47.7 Å². The quantitative estimate of drug-likeness (QED) is 0.0836. The molecule has 2 atom stereocenters. The van der Waals surface area contributed by atoms with E-state index in [-0.39, 0.29) is 35.1 Å². The highest BCUT2D eigenvalue weighted by Gasteiger charge is 2.55. The first-order valence-corrected chi connectivity index (χ1v) is 19.4. The first-order chi connectivity index (χ1) is 25.6. The number of methoxy groups -OCH3 is 1. The number of nitrogens with zero attached hydrogens (tertiary/aromatic N) is 1. The van der Waals surface area contributed by atoms with Gasteiger partial charge in [0, 0.05) is 11.0 Å². The summed E-state index contributed by atoms with van der Waals surface area (Å²) in [6.45, 7) is 19.7. The number of ketones is 1. The van der Waals surface area contributed by atoms with Crippen LogP contribution in [-0.2, 0) is 29.3 Å². The minimum atomic E-state index is -1.81. The van der Waals surface area contributed by atoms with Crippen LogP contribution < -0.4 is 19.5 Å². The van der Waals surface area contributed by atoms with Gasteiger partial charge < -0.3 is 29.0 Å². The highest BCUT2D eigenvalue weighted by atomic mass is 16.6. The van der Waals surface area contributed by atoms with Crippen LogP contribution in [0.5, 0.6) is 17.2 Å². The van der Waals surface area contributed by atoms with E-state index in [1.165, 1.54) is 38.5 Å². The number of hydrogen-bond acceptors (Lipinski definition) is 10. The summed E-state index contributed by atoms with van der Waals surface area (Å²) in [5, 5.41) is 2.67. The van der Waals surface area contributed by atoms with Gasteiger partial charge in [-0.25, -0.2) is 14.5 Å². The number of unbranched alkanes of at least 4 members (excludes halogenated alkanes) is 5. The van der Waals surface area contributed by atoms with Crippen molar-refractivity contribution in [2.45, 2.75) is 150 Å². The van der Waals surface area contributed by atoms with Crippen molar-refractivity contribution in [1.82, 2.24) is 4.90 Å². The number of imide groups is 1. The molecule has 1 fully saturated rings. The number of nitrogens with one attached hydrogen (secondary N) is 1. The summed E-state index contributed by atoms with van der Waals surface area (Å²) in [4.78, 5) is 67.9. The zero-order valence-corrected chi connectivity index (χ0v) is 34.9. The lowest BCUT2D eigenvalue weighted by atomic mass is 9.85. The molecule has 0 aliphatic carbocycles. The largest absolute Gasteiger partial charge is 0.497 e. The first-order valence-electron chi connectivity index (χ1n) is 19.4. The number of amides is 3. The van der Waals surface area contributed by atoms with E-state index < -0.39 is 52.8 Å². The van der Waals surface area contributed by atoms with E-state index >= 15 is 0 Å². The average Bonchev–Trinajstić information content (AvgIpc) is 3.29. The summed E-state index contributed by atoms with van der Waals surface area (Å²) >= 11 is 0. The average molecular weight is 767 g/mol. The molecule has 2 aromatic rings. The van der Waals surface area contributed by atoms with E-state index in [0.717, 1.165) is 43.4 Å². The normalized spacial score (nSPS) is 15.3. The monoisotopic (exact) mass is 766 g/mol. The van der Waals surface area contributed by atoms with Gasteiger partial charge in [0.1, 0.15) is 30.0 Å². The summed E-state index contributed by atoms with van der Waals surface area (Å²) in [7, 11) is 1.62. The minimum Gasteiger partial charge on any atom is -0.497 e. The molecule has 3 rings (SSSR count). The second kappa shape index (κ2) is 18.8. The van der Waals surface area contributed by atoms with Crippen LogP contribution >= 0.6 is 0 Å². The van der Waals surface area contributed by atoms with Gasteiger partial charge in [0.15, 0.2) is 17.4 Å². The Morgan fingerprint density at radius 3 is 2.11 bits per heavy atom. The second-order valence-electron chi connectivity index (χ2n) is 16.9. The van der Waals surface area contributed by atoms with Crippen LogP contribution in [0.1, 0.15) is 137 Å². The van der Waals surface area contributed by atoms with E-state index in [1.54, 1.807) is 41.7 Å². The Kier molecular flexibility index (Phi) is 15.3. The summed E-state index contributed by atoms with van der Waals surface area (Å²) < 4.78 is 29.1. The van der Waals surface area contributed by atoms with Gasteiger partial charge in [0.25, 0.3) is 11.8 Å². The number of carbonyl (C=O) groups excluding carboxylic acids is 5. The predicted octanol–water partition coefficient (Wildman–Crippen LogP) is 8.81. The summed E-state index contributed by atoms with van der Waals surface area (Å²) in [5.74, 6) is -1.48. The van der Waals surface area contributed by atoms with Crippen molar-refractivity contribution in [1.29, 1.82) is 0 Å². The molecule has 0 saturated carbocycles. The predicted molar refractivity (Wildman–Crippen MR) is 211 cm³/mol. The van der Waals surface area contributed by atoms with Crippen LogP contribution in [0.3, 0.4) is 0 Å². The van der Waals surface area contributed by atoms with Gasteiger partial charge in [-0.05, 0) is 82.3 Å². The summed E-state index contributed by atoms with van der Waals surface area (Å²) in [6.07, 6.45) is 5.00. The zero-order chi connectivity index (χ0) is 41.3. The molecule has 304 valence electrons. The highest BCUT2D eigenvalue weighted by molar-refractivity contribution is 6.19. The molecule has 0 spiro atoms. The maximum Gasteiger partial charge on any atom is 0.418 e. The Morgan fingerprint density at radius 1 is 0.891 bits per heavy atom. The Balaban J connectivity index is 1.90. The minimum absolute atomic E-state index is 0.127. The van der Waals surface area contributed by atoms with Crippen LogP contribution in [0.25, 0.3) is 0 Å². The molecule has 0 aromatic heterocycles. The first kappa shape index (κ1) is 44.8. The third kappa shape index (κ3) is 12.2. The number of cyclic esters (lactones) is 1. The molecule has 3 amide bonds. The van der Waals surface area contributed by atoms with Gasteiger partial charge in [-0.3, -0.25) is 14.4 Å². The molecule has 55 heavy (non-hydrogen) atoms. The van der Waals surface area contributed by atoms with Gasteiger partial charge in [-0.2, -0.15) is 0 Å². The molecule has 1 saturated heterocycles. The second-order valence-corrected chi connectivity index (χ2v) is 16.9. The van der Waals surface area contributed by atoms with Crippen molar-refractivity contribution >= 4 is 35.3 Å². The standard InChI is InChI=1S/C43H62N2O10/c1-13-14-15-16-17-18-19-30(26-52-33-23-21-29(51-12)25-31(33)41(4,5)6)54-38(48)28-20-22-32(34(24-28)53-27(2)3)44-37(47)35(36(46)42(7,8)9)45-39(49)43(10,11)55-40(45)50/h20-25,27,30,35H,13-19,26H2,1-12H3,(H,44,47). The van der Waals surface area contributed by atoms with Crippen LogP contribution in [0.15, 0.2) is 36.4 Å². The fourth-order valence-corrected chi connectivity index (χ4v) is 6.05. The molecule has 0 radical (unpaired) electrons. The van der Waals surface area contributed by atoms with Crippen LogP contribution in [0.4, 0.5) is 10.5 Å². The lowest BCUT2D eigenvalue weighted by Crippen LogP contribution is -2.55. The lowest BCUT2D eigenvalue weighted by molar-refractivity contribution is -0.145. The van der Waals surface area contributed by atoms with Gasteiger partial charge >= 0.3 is 12.1 Å². The third-order valence-electron chi connectivity index (χ3n) is 9.18. The van der Waals surface area contributed by atoms with Crippen molar-refractivity contribution in [3.63, 3.8) is 0 Å². The molecule has 12 heteroatoms. The summed E-state index contributed by atoms with van der Waals surface area (Å²) in [5.41, 5.74) is -1.62. The van der Waals surface area contributed by atoms with E-state index in [1.807, 2.05) is 18.2 Å². The molecule has 0 bridgehead atoms. The van der Waals surface area contributed by atoms with Gasteiger partial charge in [-0.1, -0.05) is 80.6 Å². The molecule has 1 aliphatic heterocycles. The number of anilines is 1. The van der Waals surface area contributed by atoms with Gasteiger partial charge in [0.2, 0.25) is 0 Å². The number of ether oxygens (including phenoxy) is 5. The number of hydrogen-bond donors (Lipinski definition) is 1. The lowest BCUT2D eigenvalue weighted by Gasteiger charge is -2.29. The number of esters is 1. The Bertz CT molecular complexity index is 1680. The zero-order valence-electron chi connectivity index (χ0n) is 34.9. The van der Waals surface area contributed by atoms with Crippen LogP contribution in [0.2, 0.25) is 0 Å². The SMILES string of the molecule is CCCCCCCCC(COc1ccc(OC)cc1C(C)(C)C)OC(=O)c1ccc(NC(=O)C(C(=O)C(C)(C)C)N2C(=O)OC(C)(C)C2=O)c(OC(C)C)c1. The maximum atomic E-state index is 13.9. The molecular formula is C43H62N2O10. The fraction of sp³-hybridized carbons (Fsp3) is 0.605. The number of carbonyl (C=O) groups is 5. The molecule has 2 aromatic carbocycles. The van der Waals surface area contributed by atoms with Crippen molar-refractivity contribution in [2.75, 3.05) is 19.0 Å². The molecule has 12 nitrogen and oxygen atoms in total. The molecule has 1 heterocycles. The molecule has 1 N–H and O–H groups in total. The summed E-state index contributed by atoms with van der Waals surface area (Å²) in [6, 6.07) is 8.25. The molecule has 2 unspecified atom stereocenters.